The van der Waals surface area contributed by atoms with Crippen LogP contribution in [0.3, 0.4) is 0 Å². The van der Waals surface area contributed by atoms with Crippen LogP contribution >= 0.6 is 0 Å². The third kappa shape index (κ3) is 2.59. The molecule has 2 aromatic rings. The zero-order chi connectivity index (χ0) is 14.5. The molecule has 20 heavy (non-hydrogen) atoms. The van der Waals surface area contributed by atoms with Crippen LogP contribution in [0.25, 0.3) is 11.3 Å². The molecule has 0 aliphatic carbocycles. The van der Waals surface area contributed by atoms with Gasteiger partial charge in [0, 0.05) is 24.2 Å². The average molecular weight is 274 g/mol. The standard InChI is InChI=1S/C15H18N2O3/c1-20-14-5-3-2-4-12(14)13-7-6-11(10-16)15(19)17(13)8-9-18/h2-7,18H,8-10,16H2,1H3. The van der Waals surface area contributed by atoms with Crippen molar-refractivity contribution in [3.8, 4) is 17.0 Å². The molecule has 106 valence electrons. The van der Waals surface area contributed by atoms with Crippen molar-refractivity contribution in [1.29, 1.82) is 0 Å². The lowest BCUT2D eigenvalue weighted by atomic mass is 10.1. The van der Waals surface area contributed by atoms with Gasteiger partial charge >= 0.3 is 0 Å². The van der Waals surface area contributed by atoms with Gasteiger partial charge in [0.1, 0.15) is 5.75 Å². The lowest BCUT2D eigenvalue weighted by molar-refractivity contribution is 0.274. The number of pyridine rings is 1. The number of aromatic nitrogens is 1. The van der Waals surface area contributed by atoms with Crippen molar-refractivity contribution < 1.29 is 9.84 Å². The molecule has 0 unspecified atom stereocenters. The number of rotatable bonds is 5. The van der Waals surface area contributed by atoms with Gasteiger partial charge in [-0.2, -0.15) is 0 Å². The summed E-state index contributed by atoms with van der Waals surface area (Å²) < 4.78 is 6.85. The Kier molecular flexibility index (Phi) is 4.55. The van der Waals surface area contributed by atoms with Gasteiger partial charge in [0.15, 0.2) is 0 Å². The molecule has 0 fully saturated rings. The molecule has 0 radical (unpaired) electrons. The Morgan fingerprint density at radius 3 is 2.65 bits per heavy atom. The summed E-state index contributed by atoms with van der Waals surface area (Å²) in [5.41, 5.74) is 7.43. The Morgan fingerprint density at radius 1 is 1.25 bits per heavy atom. The molecule has 0 aliphatic heterocycles. The predicted octanol–water partition coefficient (Wildman–Crippen LogP) is 0.975. The number of hydrogen-bond acceptors (Lipinski definition) is 4. The summed E-state index contributed by atoms with van der Waals surface area (Å²) in [6.07, 6.45) is 0. The molecular formula is C15H18N2O3. The van der Waals surface area contributed by atoms with Gasteiger partial charge in [-0.3, -0.25) is 4.79 Å². The van der Waals surface area contributed by atoms with Gasteiger partial charge in [0.25, 0.3) is 5.56 Å². The molecule has 0 aliphatic rings. The highest BCUT2D eigenvalue weighted by molar-refractivity contribution is 5.67. The number of ether oxygens (including phenoxy) is 1. The lowest BCUT2D eigenvalue weighted by Gasteiger charge is -2.15. The Morgan fingerprint density at radius 2 is 2.00 bits per heavy atom. The van der Waals surface area contributed by atoms with Crippen LogP contribution in [0, 0.1) is 0 Å². The summed E-state index contributed by atoms with van der Waals surface area (Å²) in [6.45, 7) is 0.284. The van der Waals surface area contributed by atoms with Gasteiger partial charge in [-0.1, -0.05) is 18.2 Å². The first-order valence-electron chi connectivity index (χ1n) is 6.40. The number of aliphatic hydroxyl groups excluding tert-OH is 1. The minimum atomic E-state index is -0.176. The molecule has 1 heterocycles. The zero-order valence-corrected chi connectivity index (χ0v) is 11.4. The van der Waals surface area contributed by atoms with E-state index in [-0.39, 0.29) is 25.3 Å². The van der Waals surface area contributed by atoms with E-state index in [4.69, 9.17) is 10.5 Å². The van der Waals surface area contributed by atoms with Gasteiger partial charge in [-0.05, 0) is 18.2 Å². The van der Waals surface area contributed by atoms with Crippen LogP contribution in [-0.2, 0) is 13.1 Å². The van der Waals surface area contributed by atoms with Crippen molar-refractivity contribution in [2.75, 3.05) is 13.7 Å². The second-order valence-electron chi connectivity index (χ2n) is 4.33. The second-order valence-corrected chi connectivity index (χ2v) is 4.33. The Hall–Kier alpha value is -2.11. The highest BCUT2D eigenvalue weighted by Crippen LogP contribution is 2.28. The number of hydrogen-bond donors (Lipinski definition) is 2. The van der Waals surface area contributed by atoms with Crippen LogP contribution in [0.4, 0.5) is 0 Å². The molecule has 0 amide bonds. The summed E-state index contributed by atoms with van der Waals surface area (Å²) in [7, 11) is 1.58. The molecule has 5 heteroatoms. The van der Waals surface area contributed by atoms with E-state index >= 15 is 0 Å². The first kappa shape index (κ1) is 14.3. The van der Waals surface area contributed by atoms with Crippen molar-refractivity contribution in [3.05, 3.63) is 52.3 Å². The maximum Gasteiger partial charge on any atom is 0.255 e. The second kappa shape index (κ2) is 6.36. The van der Waals surface area contributed by atoms with E-state index in [1.54, 1.807) is 13.2 Å². The molecule has 0 saturated carbocycles. The monoisotopic (exact) mass is 274 g/mol. The predicted molar refractivity (Wildman–Crippen MR) is 77.7 cm³/mol. The van der Waals surface area contributed by atoms with E-state index in [1.165, 1.54) is 4.57 Å². The van der Waals surface area contributed by atoms with E-state index in [9.17, 15) is 9.90 Å². The fourth-order valence-corrected chi connectivity index (χ4v) is 2.19. The van der Waals surface area contributed by atoms with Gasteiger partial charge < -0.3 is 20.1 Å². The fraction of sp³-hybridized carbons (Fsp3) is 0.267. The number of nitrogens with two attached hydrogens (primary N) is 1. The summed E-state index contributed by atoms with van der Waals surface area (Å²) in [5, 5.41) is 9.18. The van der Waals surface area contributed by atoms with Crippen LogP contribution < -0.4 is 16.0 Å². The van der Waals surface area contributed by atoms with Crippen molar-refractivity contribution in [3.63, 3.8) is 0 Å². The van der Waals surface area contributed by atoms with Crippen molar-refractivity contribution in [2.24, 2.45) is 5.73 Å². The molecule has 3 N–H and O–H groups in total. The molecule has 0 spiro atoms. The highest BCUT2D eigenvalue weighted by atomic mass is 16.5. The summed E-state index contributed by atoms with van der Waals surface area (Å²) in [5.74, 6) is 0.680. The number of methoxy groups -OCH3 is 1. The average Bonchev–Trinajstić information content (AvgIpc) is 2.49. The zero-order valence-electron chi connectivity index (χ0n) is 11.4. The van der Waals surface area contributed by atoms with E-state index in [1.807, 2.05) is 30.3 Å². The topological polar surface area (TPSA) is 77.5 Å². The largest absolute Gasteiger partial charge is 0.496 e. The number of para-hydroxylation sites is 1. The van der Waals surface area contributed by atoms with Gasteiger partial charge in [-0.25, -0.2) is 0 Å². The van der Waals surface area contributed by atoms with E-state index < -0.39 is 0 Å². The maximum atomic E-state index is 12.3. The Bertz CT molecular complexity index is 650. The molecule has 0 saturated heterocycles. The van der Waals surface area contributed by atoms with Gasteiger partial charge in [0.05, 0.1) is 19.4 Å². The highest BCUT2D eigenvalue weighted by Gasteiger charge is 2.12. The molecule has 0 bridgehead atoms. The first-order valence-corrected chi connectivity index (χ1v) is 6.40. The van der Waals surface area contributed by atoms with Crippen LogP contribution in [0.5, 0.6) is 5.75 Å². The molecule has 1 aromatic heterocycles. The van der Waals surface area contributed by atoms with Gasteiger partial charge in [-0.15, -0.1) is 0 Å². The summed E-state index contributed by atoms with van der Waals surface area (Å²) in [4.78, 5) is 12.3. The van der Waals surface area contributed by atoms with Crippen LogP contribution in [0.2, 0.25) is 0 Å². The summed E-state index contributed by atoms with van der Waals surface area (Å²) in [6, 6.07) is 11.0. The van der Waals surface area contributed by atoms with Crippen molar-refractivity contribution in [2.45, 2.75) is 13.1 Å². The van der Waals surface area contributed by atoms with Crippen LogP contribution in [-0.4, -0.2) is 23.4 Å². The Labute approximate surface area is 117 Å². The van der Waals surface area contributed by atoms with Gasteiger partial charge in [0.2, 0.25) is 0 Å². The van der Waals surface area contributed by atoms with E-state index in [0.29, 0.717) is 17.0 Å². The van der Waals surface area contributed by atoms with E-state index in [0.717, 1.165) is 5.56 Å². The minimum absolute atomic E-state index is 0.115. The molecule has 1 aromatic carbocycles. The summed E-state index contributed by atoms with van der Waals surface area (Å²) >= 11 is 0. The molecule has 0 atom stereocenters. The smallest absolute Gasteiger partial charge is 0.255 e. The third-order valence-electron chi connectivity index (χ3n) is 3.18. The van der Waals surface area contributed by atoms with Crippen LogP contribution in [0.1, 0.15) is 5.56 Å². The quantitative estimate of drug-likeness (QED) is 0.852. The SMILES string of the molecule is COc1ccccc1-c1ccc(CN)c(=O)n1CCO. The minimum Gasteiger partial charge on any atom is -0.496 e. The lowest BCUT2D eigenvalue weighted by Crippen LogP contribution is -2.27. The first-order chi connectivity index (χ1) is 9.72. The number of nitrogens with zero attached hydrogens (tertiary/aromatic N) is 1. The Balaban J connectivity index is 2.67. The number of benzene rings is 1. The molecular weight excluding hydrogens is 256 g/mol. The molecule has 2 rings (SSSR count). The number of aliphatic hydroxyl groups is 1. The van der Waals surface area contributed by atoms with Crippen LogP contribution in [0.15, 0.2) is 41.2 Å². The fourth-order valence-electron chi connectivity index (χ4n) is 2.19. The van der Waals surface area contributed by atoms with E-state index in [2.05, 4.69) is 0 Å². The molecule has 5 nitrogen and oxygen atoms in total. The van der Waals surface area contributed by atoms with Crippen molar-refractivity contribution in [1.82, 2.24) is 4.57 Å². The normalized spacial score (nSPS) is 10.6. The third-order valence-corrected chi connectivity index (χ3v) is 3.18. The van der Waals surface area contributed by atoms with Crippen molar-refractivity contribution >= 4 is 0 Å². The maximum absolute atomic E-state index is 12.3.